The van der Waals surface area contributed by atoms with E-state index in [1.807, 2.05) is 13.8 Å². The lowest BCUT2D eigenvalue weighted by Crippen LogP contribution is -2.35. The van der Waals surface area contributed by atoms with Gasteiger partial charge in [-0.15, -0.1) is 0 Å². The Morgan fingerprint density at radius 1 is 0.929 bits per heavy atom. The first-order valence-electron chi connectivity index (χ1n) is 6.05. The molecule has 1 saturated carbocycles. The third kappa shape index (κ3) is 5.61. The van der Waals surface area contributed by atoms with E-state index in [4.69, 9.17) is 0 Å². The molecule has 0 amide bonds. The molecular weight excluding hydrogens is 172 g/mol. The van der Waals surface area contributed by atoms with Gasteiger partial charge >= 0.3 is 0 Å². The smallest absolute Gasteiger partial charge is 0.0109 e. The highest BCUT2D eigenvalue weighted by molar-refractivity contribution is 4.75. The minimum absolute atomic E-state index is 0.880. The van der Waals surface area contributed by atoms with Crippen LogP contribution in [-0.4, -0.2) is 50.1 Å². The van der Waals surface area contributed by atoms with Crippen molar-refractivity contribution in [3.05, 3.63) is 0 Å². The van der Waals surface area contributed by atoms with E-state index in [-0.39, 0.29) is 0 Å². The summed E-state index contributed by atoms with van der Waals surface area (Å²) in [5.41, 5.74) is 0. The van der Waals surface area contributed by atoms with E-state index in [1.54, 1.807) is 0 Å². The molecule has 0 aromatic heterocycles. The van der Waals surface area contributed by atoms with Crippen molar-refractivity contribution in [1.82, 2.24) is 9.80 Å². The maximum absolute atomic E-state index is 2.52. The van der Waals surface area contributed by atoms with Crippen molar-refractivity contribution >= 4 is 0 Å². The van der Waals surface area contributed by atoms with Crippen LogP contribution in [0.25, 0.3) is 0 Å². The second-order valence-electron chi connectivity index (χ2n) is 4.22. The zero-order valence-electron chi connectivity index (χ0n) is 10.7. The lowest BCUT2D eigenvalue weighted by atomic mass is 10.2. The number of rotatable bonds is 4. The Morgan fingerprint density at radius 2 is 1.43 bits per heavy atom. The van der Waals surface area contributed by atoms with Gasteiger partial charge in [-0.05, 0) is 34.0 Å². The Hall–Kier alpha value is -0.0800. The van der Waals surface area contributed by atoms with Crippen LogP contribution in [-0.2, 0) is 0 Å². The maximum Gasteiger partial charge on any atom is 0.0109 e. The first kappa shape index (κ1) is 13.9. The van der Waals surface area contributed by atoms with Crippen LogP contribution in [0.3, 0.4) is 0 Å². The predicted molar refractivity (Wildman–Crippen MR) is 64.8 cm³/mol. The molecule has 0 aliphatic heterocycles. The Balaban J connectivity index is 0.000000791. The van der Waals surface area contributed by atoms with Crippen LogP contribution in [0.1, 0.15) is 39.5 Å². The van der Waals surface area contributed by atoms with Gasteiger partial charge in [0.25, 0.3) is 0 Å². The minimum Gasteiger partial charge on any atom is -0.308 e. The van der Waals surface area contributed by atoms with Crippen molar-refractivity contribution in [3.63, 3.8) is 0 Å². The standard InChI is InChI=1S/C10H22N2.C2H6/c1-11(2)8-9-12(3)10-6-4-5-7-10;1-2/h10H,4-9H2,1-3H3;1-2H3. The van der Waals surface area contributed by atoms with Crippen molar-refractivity contribution < 1.29 is 0 Å². The third-order valence-electron chi connectivity index (χ3n) is 2.85. The SMILES string of the molecule is CC.CN(C)CCN(C)C1CCCC1. The molecule has 2 heteroatoms. The van der Waals surface area contributed by atoms with Crippen LogP contribution in [0, 0.1) is 0 Å². The summed E-state index contributed by atoms with van der Waals surface area (Å²) < 4.78 is 0. The lowest BCUT2D eigenvalue weighted by molar-refractivity contribution is 0.219. The summed E-state index contributed by atoms with van der Waals surface area (Å²) in [7, 11) is 6.55. The Morgan fingerprint density at radius 3 is 1.86 bits per heavy atom. The average molecular weight is 200 g/mol. The molecule has 0 radical (unpaired) electrons. The molecule has 0 saturated heterocycles. The van der Waals surface area contributed by atoms with E-state index in [0.717, 1.165) is 6.04 Å². The molecule has 0 heterocycles. The van der Waals surface area contributed by atoms with Crippen LogP contribution >= 0.6 is 0 Å². The first-order chi connectivity index (χ1) is 6.70. The Kier molecular flexibility index (Phi) is 8.20. The second kappa shape index (κ2) is 8.25. The van der Waals surface area contributed by atoms with E-state index in [2.05, 4.69) is 30.9 Å². The second-order valence-corrected chi connectivity index (χ2v) is 4.22. The quantitative estimate of drug-likeness (QED) is 0.688. The van der Waals surface area contributed by atoms with Crippen molar-refractivity contribution in [2.45, 2.75) is 45.6 Å². The molecule has 0 aromatic carbocycles. The number of hydrogen-bond acceptors (Lipinski definition) is 2. The molecule has 1 aliphatic carbocycles. The van der Waals surface area contributed by atoms with E-state index < -0.39 is 0 Å². The molecule has 1 fully saturated rings. The highest BCUT2D eigenvalue weighted by atomic mass is 15.2. The van der Waals surface area contributed by atoms with Gasteiger partial charge in [0.2, 0.25) is 0 Å². The van der Waals surface area contributed by atoms with Crippen LogP contribution in [0.4, 0.5) is 0 Å². The molecule has 0 spiro atoms. The van der Waals surface area contributed by atoms with E-state index >= 15 is 0 Å². The Labute approximate surface area is 90.3 Å². The summed E-state index contributed by atoms with van der Waals surface area (Å²) in [5.74, 6) is 0. The number of nitrogens with zero attached hydrogens (tertiary/aromatic N) is 2. The molecule has 14 heavy (non-hydrogen) atoms. The molecule has 2 nitrogen and oxygen atoms in total. The van der Waals surface area contributed by atoms with E-state index in [0.29, 0.717) is 0 Å². The van der Waals surface area contributed by atoms with Gasteiger partial charge in [0, 0.05) is 19.1 Å². The zero-order valence-corrected chi connectivity index (χ0v) is 10.7. The normalized spacial score (nSPS) is 17.4. The number of likely N-dealkylation sites (N-methyl/N-ethyl adjacent to an activating group) is 2. The van der Waals surface area contributed by atoms with Gasteiger partial charge in [0.15, 0.2) is 0 Å². The van der Waals surface area contributed by atoms with Gasteiger partial charge in [-0.2, -0.15) is 0 Å². The molecule has 0 unspecified atom stereocenters. The largest absolute Gasteiger partial charge is 0.308 e. The summed E-state index contributed by atoms with van der Waals surface area (Å²) in [6.45, 7) is 6.41. The van der Waals surface area contributed by atoms with Crippen molar-refractivity contribution in [3.8, 4) is 0 Å². The zero-order chi connectivity index (χ0) is 11.0. The molecule has 1 aliphatic rings. The van der Waals surface area contributed by atoms with Crippen molar-refractivity contribution in [2.75, 3.05) is 34.2 Å². The van der Waals surface area contributed by atoms with Gasteiger partial charge < -0.3 is 9.80 Å². The molecule has 0 atom stereocenters. The lowest BCUT2D eigenvalue weighted by Gasteiger charge is -2.25. The Bertz CT molecular complexity index is 117. The highest BCUT2D eigenvalue weighted by Gasteiger charge is 2.18. The summed E-state index contributed by atoms with van der Waals surface area (Å²) in [4.78, 5) is 4.78. The molecule has 1 rings (SSSR count). The maximum atomic E-state index is 2.52. The highest BCUT2D eigenvalue weighted by Crippen LogP contribution is 2.21. The molecule has 0 bridgehead atoms. The molecule has 0 N–H and O–H groups in total. The minimum atomic E-state index is 0.880. The third-order valence-corrected chi connectivity index (χ3v) is 2.85. The predicted octanol–water partition coefficient (Wildman–Crippen LogP) is 2.45. The fourth-order valence-corrected chi connectivity index (χ4v) is 1.89. The molecule has 86 valence electrons. The van der Waals surface area contributed by atoms with Crippen LogP contribution in [0.2, 0.25) is 0 Å². The van der Waals surface area contributed by atoms with Gasteiger partial charge in [0.1, 0.15) is 0 Å². The van der Waals surface area contributed by atoms with Crippen LogP contribution in [0.5, 0.6) is 0 Å². The van der Waals surface area contributed by atoms with E-state index in [9.17, 15) is 0 Å². The fraction of sp³-hybridized carbons (Fsp3) is 1.00. The summed E-state index contributed by atoms with van der Waals surface area (Å²) >= 11 is 0. The molecular formula is C12H28N2. The summed E-state index contributed by atoms with van der Waals surface area (Å²) in [6.07, 6.45) is 5.72. The van der Waals surface area contributed by atoms with Gasteiger partial charge in [0.05, 0.1) is 0 Å². The number of hydrogen-bond donors (Lipinski definition) is 0. The summed E-state index contributed by atoms with van der Waals surface area (Å²) in [5, 5.41) is 0. The van der Waals surface area contributed by atoms with Gasteiger partial charge in [-0.25, -0.2) is 0 Å². The average Bonchev–Trinajstić information content (AvgIpc) is 2.70. The van der Waals surface area contributed by atoms with Gasteiger partial charge in [-0.3, -0.25) is 0 Å². The summed E-state index contributed by atoms with van der Waals surface area (Å²) in [6, 6.07) is 0.880. The van der Waals surface area contributed by atoms with Crippen molar-refractivity contribution in [2.24, 2.45) is 0 Å². The van der Waals surface area contributed by atoms with E-state index in [1.165, 1.54) is 38.8 Å². The molecule has 0 aromatic rings. The topological polar surface area (TPSA) is 6.48 Å². The first-order valence-corrected chi connectivity index (χ1v) is 6.05. The van der Waals surface area contributed by atoms with Crippen LogP contribution in [0.15, 0.2) is 0 Å². The monoisotopic (exact) mass is 200 g/mol. The van der Waals surface area contributed by atoms with Gasteiger partial charge in [-0.1, -0.05) is 26.7 Å². The van der Waals surface area contributed by atoms with Crippen LogP contribution < -0.4 is 0 Å². The fourth-order valence-electron chi connectivity index (χ4n) is 1.89. The van der Waals surface area contributed by atoms with Crippen molar-refractivity contribution in [1.29, 1.82) is 0 Å².